The molecular weight excluding hydrogens is 480 g/mol. The van der Waals surface area contributed by atoms with Crippen molar-refractivity contribution in [3.63, 3.8) is 0 Å². The van der Waals surface area contributed by atoms with Crippen molar-refractivity contribution in [1.29, 1.82) is 0 Å². The van der Waals surface area contributed by atoms with Gasteiger partial charge in [-0.2, -0.15) is 5.10 Å². The van der Waals surface area contributed by atoms with Crippen molar-refractivity contribution in [2.24, 2.45) is 0 Å². The Bertz CT molecular complexity index is 1600. The molecule has 0 aliphatic heterocycles. The van der Waals surface area contributed by atoms with Crippen LogP contribution in [0.25, 0.3) is 28.1 Å². The molecule has 0 saturated heterocycles. The zero-order valence-electron chi connectivity index (χ0n) is 21.0. The first-order valence-corrected chi connectivity index (χ1v) is 12.2. The topological polar surface area (TPSA) is 110 Å². The maximum atomic E-state index is 12.9. The van der Waals surface area contributed by atoms with Crippen LogP contribution in [0.2, 0.25) is 0 Å². The molecular formula is C30H26N4O4. The number of aromatic nitrogens is 3. The lowest BCUT2D eigenvalue weighted by Crippen LogP contribution is -2.13. The number of carboxylic acid groups (broad SMARTS) is 1. The lowest BCUT2D eigenvalue weighted by Gasteiger charge is -2.10. The molecule has 0 fully saturated rings. The first kappa shape index (κ1) is 24.7. The van der Waals surface area contributed by atoms with Crippen molar-refractivity contribution >= 4 is 17.8 Å². The first-order valence-electron chi connectivity index (χ1n) is 12.2. The number of nitrogens with zero attached hydrogens (tertiary/aromatic N) is 3. The van der Waals surface area contributed by atoms with E-state index in [9.17, 15) is 14.7 Å². The molecule has 5 rings (SSSR count). The third kappa shape index (κ3) is 4.84. The largest absolute Gasteiger partial charge is 0.478 e. The van der Waals surface area contributed by atoms with Crippen molar-refractivity contribution in [2.45, 2.75) is 26.7 Å². The molecule has 0 spiro atoms. The van der Waals surface area contributed by atoms with Gasteiger partial charge < -0.3 is 9.63 Å². The van der Waals surface area contributed by atoms with E-state index in [1.807, 2.05) is 79.2 Å². The van der Waals surface area contributed by atoms with Crippen molar-refractivity contribution < 1.29 is 19.2 Å². The fraction of sp³-hybridized carbons (Fsp3) is 0.133. The minimum Gasteiger partial charge on any atom is -0.478 e. The number of benzene rings is 3. The number of para-hydroxylation sites is 1. The second kappa shape index (κ2) is 10.6. The van der Waals surface area contributed by atoms with Crippen molar-refractivity contribution in [3.8, 4) is 28.1 Å². The van der Waals surface area contributed by atoms with Crippen LogP contribution in [0.15, 0.2) is 89.5 Å². The number of nitrogens with one attached hydrogen (secondary N) is 1. The lowest BCUT2D eigenvalue weighted by molar-refractivity contribution is -0.116. The molecule has 0 saturated carbocycles. The predicted molar refractivity (Wildman–Crippen MR) is 144 cm³/mol. The van der Waals surface area contributed by atoms with Gasteiger partial charge in [0.15, 0.2) is 0 Å². The number of carbonyl (C=O) groups excluding carboxylic acids is 1. The van der Waals surface area contributed by atoms with Crippen LogP contribution in [0.4, 0.5) is 5.88 Å². The smallest absolute Gasteiger partial charge is 0.336 e. The van der Waals surface area contributed by atoms with Gasteiger partial charge in [0.25, 0.3) is 0 Å². The summed E-state index contributed by atoms with van der Waals surface area (Å²) in [4.78, 5) is 25.1. The van der Waals surface area contributed by atoms with Crippen LogP contribution in [0.3, 0.4) is 0 Å². The highest BCUT2D eigenvalue weighted by molar-refractivity contribution is 6.03. The maximum absolute atomic E-state index is 12.9. The molecule has 190 valence electrons. The second-order valence-corrected chi connectivity index (χ2v) is 8.91. The Kier molecular flexibility index (Phi) is 6.86. The Hall–Kier alpha value is -4.98. The van der Waals surface area contributed by atoms with Crippen LogP contribution in [0.5, 0.6) is 0 Å². The van der Waals surface area contributed by atoms with Crippen LogP contribution < -0.4 is 5.32 Å². The Morgan fingerprint density at radius 1 is 0.895 bits per heavy atom. The molecule has 0 aliphatic carbocycles. The van der Waals surface area contributed by atoms with Crippen LogP contribution in [0.1, 0.15) is 33.7 Å². The van der Waals surface area contributed by atoms with E-state index in [1.165, 1.54) is 6.07 Å². The highest BCUT2D eigenvalue weighted by Gasteiger charge is 2.28. The van der Waals surface area contributed by atoms with Gasteiger partial charge in [0.1, 0.15) is 5.69 Å². The number of amides is 1. The number of carbonyl (C=O) groups is 2. The summed E-state index contributed by atoms with van der Waals surface area (Å²) in [5, 5.41) is 21.8. The van der Waals surface area contributed by atoms with Crippen LogP contribution in [-0.4, -0.2) is 31.9 Å². The zero-order chi connectivity index (χ0) is 26.6. The summed E-state index contributed by atoms with van der Waals surface area (Å²) in [5.74, 6) is -1.26. The molecule has 2 aromatic heterocycles. The molecule has 38 heavy (non-hydrogen) atoms. The van der Waals surface area contributed by atoms with Gasteiger partial charge in [-0.25, -0.2) is 9.48 Å². The molecule has 2 N–H and O–H groups in total. The normalized spacial score (nSPS) is 10.9. The number of hydrogen-bond donors (Lipinski definition) is 2. The van der Waals surface area contributed by atoms with Crippen molar-refractivity contribution in [3.05, 3.63) is 107 Å². The van der Waals surface area contributed by atoms with E-state index in [4.69, 9.17) is 9.62 Å². The second-order valence-electron chi connectivity index (χ2n) is 8.91. The standard InChI is InChI=1S/C30H26N4O4/c1-19-26(20(2)34(32-19)22-13-7-4-8-14-22)28-27(23-15-9-10-16-24(23)30(36)37)29(38-33-28)31-25(35)18-17-21-11-5-3-6-12-21/h3-16H,17-18H2,1-2H3,(H,31,35)(H,36,37). The lowest BCUT2D eigenvalue weighted by atomic mass is 9.95. The summed E-state index contributed by atoms with van der Waals surface area (Å²) in [7, 11) is 0. The maximum Gasteiger partial charge on any atom is 0.336 e. The summed E-state index contributed by atoms with van der Waals surface area (Å²) in [6.45, 7) is 3.78. The number of aromatic carboxylic acids is 1. The van der Waals surface area contributed by atoms with Gasteiger partial charge in [-0.3, -0.25) is 10.1 Å². The Morgan fingerprint density at radius 2 is 1.55 bits per heavy atom. The van der Waals surface area contributed by atoms with Gasteiger partial charge in [0.2, 0.25) is 11.8 Å². The molecule has 3 aromatic carbocycles. The quantitative estimate of drug-likeness (QED) is 0.264. The van der Waals surface area contributed by atoms with E-state index >= 15 is 0 Å². The van der Waals surface area contributed by atoms with Gasteiger partial charge in [0, 0.05) is 17.5 Å². The zero-order valence-corrected chi connectivity index (χ0v) is 21.0. The molecule has 0 bridgehead atoms. The molecule has 0 aliphatic rings. The molecule has 5 aromatic rings. The molecule has 0 atom stereocenters. The summed E-state index contributed by atoms with van der Waals surface area (Å²) in [6.07, 6.45) is 0.779. The van der Waals surface area contributed by atoms with Crippen molar-refractivity contribution in [1.82, 2.24) is 14.9 Å². The average molecular weight is 507 g/mol. The number of hydrogen-bond acceptors (Lipinski definition) is 5. The first-order chi connectivity index (χ1) is 18.4. The summed E-state index contributed by atoms with van der Waals surface area (Å²) < 4.78 is 7.48. The molecule has 0 radical (unpaired) electrons. The summed E-state index contributed by atoms with van der Waals surface area (Å²) in [6, 6.07) is 26.0. The SMILES string of the molecule is Cc1nn(-c2ccccc2)c(C)c1-c1noc(NC(=O)CCc2ccccc2)c1-c1ccccc1C(=O)O. The molecule has 2 heterocycles. The number of rotatable bonds is 8. The molecule has 0 unspecified atom stereocenters. The minimum absolute atomic E-state index is 0.0718. The average Bonchev–Trinajstić information content (AvgIpc) is 3.47. The Morgan fingerprint density at radius 3 is 2.26 bits per heavy atom. The Labute approximate surface area is 219 Å². The van der Waals surface area contributed by atoms with E-state index in [2.05, 4.69) is 10.5 Å². The predicted octanol–water partition coefficient (Wildman–Crippen LogP) is 6.08. The van der Waals surface area contributed by atoms with E-state index < -0.39 is 5.97 Å². The highest BCUT2D eigenvalue weighted by Crippen LogP contribution is 2.42. The van der Waals surface area contributed by atoms with E-state index in [-0.39, 0.29) is 23.8 Å². The van der Waals surface area contributed by atoms with Crippen LogP contribution in [-0.2, 0) is 11.2 Å². The van der Waals surface area contributed by atoms with Crippen molar-refractivity contribution in [2.75, 3.05) is 5.32 Å². The van der Waals surface area contributed by atoms with E-state index in [0.29, 0.717) is 34.5 Å². The van der Waals surface area contributed by atoms with Gasteiger partial charge in [-0.1, -0.05) is 71.9 Å². The van der Waals surface area contributed by atoms with Gasteiger partial charge in [0.05, 0.1) is 28.2 Å². The molecule has 1 amide bonds. The number of anilines is 1. The number of carboxylic acids is 1. The fourth-order valence-electron chi connectivity index (χ4n) is 4.58. The summed E-state index contributed by atoms with van der Waals surface area (Å²) in [5.41, 5.74) is 5.39. The van der Waals surface area contributed by atoms with Crippen LogP contribution >= 0.6 is 0 Å². The third-order valence-electron chi connectivity index (χ3n) is 6.38. The Balaban J connectivity index is 1.59. The summed E-state index contributed by atoms with van der Waals surface area (Å²) >= 11 is 0. The monoisotopic (exact) mass is 506 g/mol. The van der Waals surface area contributed by atoms with Crippen LogP contribution in [0, 0.1) is 13.8 Å². The van der Waals surface area contributed by atoms with E-state index in [1.54, 1.807) is 18.2 Å². The van der Waals surface area contributed by atoms with Gasteiger partial charge in [-0.15, -0.1) is 0 Å². The fourth-order valence-corrected chi connectivity index (χ4v) is 4.58. The van der Waals surface area contributed by atoms with Gasteiger partial charge in [-0.05, 0) is 44.0 Å². The number of aryl methyl sites for hydroxylation is 2. The van der Waals surface area contributed by atoms with Gasteiger partial charge >= 0.3 is 5.97 Å². The van der Waals surface area contributed by atoms with E-state index in [0.717, 1.165) is 16.9 Å². The third-order valence-corrected chi connectivity index (χ3v) is 6.38. The molecule has 8 heteroatoms. The minimum atomic E-state index is -1.09. The highest BCUT2D eigenvalue weighted by atomic mass is 16.5. The molecule has 8 nitrogen and oxygen atoms in total.